The highest BCUT2D eigenvalue weighted by atomic mass is 16.1. The maximum atomic E-state index is 12.7. The number of hydrogen-bond donors (Lipinski definition) is 2. The monoisotopic (exact) mass is 582 g/mol. The van der Waals surface area contributed by atoms with Crippen molar-refractivity contribution in [2.75, 3.05) is 0 Å². The molecule has 2 aromatic carbocycles. The second-order valence-electron chi connectivity index (χ2n) is 12.0. The van der Waals surface area contributed by atoms with Gasteiger partial charge in [0.15, 0.2) is 0 Å². The normalized spacial score (nSPS) is 16.8. The third-order valence-electron chi connectivity index (χ3n) is 8.69. The predicted molar refractivity (Wildman–Crippen MR) is 169 cm³/mol. The van der Waals surface area contributed by atoms with E-state index in [0.717, 1.165) is 70.3 Å². The predicted octanol–water partition coefficient (Wildman–Crippen LogP) is 6.38. The van der Waals surface area contributed by atoms with E-state index in [1.807, 2.05) is 84.9 Å². The van der Waals surface area contributed by atoms with Crippen molar-refractivity contribution in [3.8, 4) is 0 Å². The van der Waals surface area contributed by atoms with E-state index >= 15 is 0 Å². The van der Waals surface area contributed by atoms with Gasteiger partial charge in [0.1, 0.15) is 11.6 Å². The van der Waals surface area contributed by atoms with E-state index in [1.54, 1.807) is 0 Å². The average molecular weight is 583 g/mol. The van der Waals surface area contributed by atoms with Gasteiger partial charge in [-0.25, -0.2) is 0 Å². The molecule has 6 aromatic rings. The molecule has 8 nitrogen and oxygen atoms in total. The molecule has 1 aliphatic carbocycles. The fourth-order valence-corrected chi connectivity index (χ4v) is 6.50. The Bertz CT molecular complexity index is 1720. The van der Waals surface area contributed by atoms with Gasteiger partial charge >= 0.3 is 0 Å². The SMILES string of the molecule is O=C(Cc1ccc([C@H]2CCC[C@H](c3ccc(CC(=O)Cc4cc5ccccc5[nH]4)nn3)C2)nn1)Cc1cc2ccccc2[nH]1. The van der Waals surface area contributed by atoms with E-state index in [-0.39, 0.29) is 36.2 Å². The molecule has 220 valence electrons. The molecule has 0 saturated heterocycles. The molecule has 1 fully saturated rings. The van der Waals surface area contributed by atoms with Crippen molar-refractivity contribution in [2.24, 2.45) is 0 Å². The summed E-state index contributed by atoms with van der Waals surface area (Å²) in [5, 5.41) is 20.1. The third kappa shape index (κ3) is 6.34. The first kappa shape index (κ1) is 27.8. The smallest absolute Gasteiger partial charge is 0.144 e. The average Bonchev–Trinajstić information content (AvgIpc) is 3.64. The van der Waals surface area contributed by atoms with Gasteiger partial charge in [0.2, 0.25) is 0 Å². The number of ketones is 2. The second-order valence-corrected chi connectivity index (χ2v) is 12.0. The highest BCUT2D eigenvalue weighted by molar-refractivity contribution is 5.87. The van der Waals surface area contributed by atoms with Crippen LogP contribution in [0, 0.1) is 0 Å². The molecule has 1 aliphatic rings. The molecule has 4 heterocycles. The summed E-state index contributed by atoms with van der Waals surface area (Å²) in [6, 6.07) is 28.1. The first-order valence-electron chi connectivity index (χ1n) is 15.4. The van der Waals surface area contributed by atoms with E-state index in [9.17, 15) is 9.59 Å². The molecule has 0 spiro atoms. The number of nitrogens with one attached hydrogen (secondary N) is 2. The lowest BCUT2D eigenvalue weighted by Gasteiger charge is -2.28. The number of carbonyl (C=O) groups is 2. The minimum atomic E-state index is 0.109. The van der Waals surface area contributed by atoms with Crippen LogP contribution in [0.25, 0.3) is 21.8 Å². The van der Waals surface area contributed by atoms with Crippen LogP contribution in [-0.4, -0.2) is 41.9 Å². The van der Waals surface area contributed by atoms with E-state index in [4.69, 9.17) is 0 Å². The fourth-order valence-electron chi connectivity index (χ4n) is 6.50. The minimum Gasteiger partial charge on any atom is -0.358 e. The Morgan fingerprint density at radius 3 is 1.50 bits per heavy atom. The summed E-state index contributed by atoms with van der Waals surface area (Å²) >= 11 is 0. The number of rotatable bonds is 10. The molecule has 0 unspecified atom stereocenters. The van der Waals surface area contributed by atoms with Crippen molar-refractivity contribution >= 4 is 33.4 Å². The Balaban J connectivity index is 0.922. The summed E-state index contributed by atoms with van der Waals surface area (Å²) in [6.45, 7) is 0. The fraction of sp³-hybridized carbons (Fsp3) is 0.278. The number of hydrogen-bond acceptors (Lipinski definition) is 6. The number of aromatic amines is 2. The summed E-state index contributed by atoms with van der Waals surface area (Å²) in [4.78, 5) is 32.1. The summed E-state index contributed by atoms with van der Waals surface area (Å²) in [5.74, 6) is 0.796. The van der Waals surface area contributed by atoms with Crippen LogP contribution in [0.5, 0.6) is 0 Å². The lowest BCUT2D eigenvalue weighted by Crippen LogP contribution is -2.17. The first-order valence-corrected chi connectivity index (χ1v) is 15.4. The molecular weight excluding hydrogens is 548 g/mol. The molecule has 7 rings (SSSR count). The van der Waals surface area contributed by atoms with Crippen molar-refractivity contribution in [3.05, 3.63) is 119 Å². The van der Waals surface area contributed by atoms with Crippen LogP contribution in [0.1, 0.15) is 71.7 Å². The molecule has 0 radical (unpaired) electrons. The summed E-state index contributed by atoms with van der Waals surface area (Å²) in [5.41, 5.74) is 7.25. The Morgan fingerprint density at radius 2 is 1.07 bits per heavy atom. The number of aromatic nitrogens is 6. The number of H-pyrrole nitrogens is 2. The number of Topliss-reactive ketones (excluding diaryl/α,β-unsaturated/α-hetero) is 2. The summed E-state index contributed by atoms with van der Waals surface area (Å²) < 4.78 is 0. The van der Waals surface area contributed by atoms with Gasteiger partial charge in [0, 0.05) is 47.1 Å². The lowest BCUT2D eigenvalue weighted by molar-refractivity contribution is -0.118. The van der Waals surface area contributed by atoms with Gasteiger partial charge in [-0.1, -0.05) is 42.8 Å². The number of para-hydroxylation sites is 2. The standard InChI is InChI=1S/C36H34N6O2/c43-31(21-29-17-25-6-1-3-10-33(25)37-29)19-27-12-14-35(41-39-27)23-8-5-9-24(16-23)36-15-13-28(40-42-36)20-32(44)22-30-18-26-7-2-4-11-34(26)38-30/h1-4,6-7,10-15,17-18,23-24,37-38H,5,8-9,16,19-22H2/t23-,24-/m0/s1. The largest absolute Gasteiger partial charge is 0.358 e. The van der Waals surface area contributed by atoms with Crippen LogP contribution in [0.3, 0.4) is 0 Å². The van der Waals surface area contributed by atoms with E-state index in [2.05, 4.69) is 30.4 Å². The Labute approximate surface area is 255 Å². The summed E-state index contributed by atoms with van der Waals surface area (Å²) in [7, 11) is 0. The van der Waals surface area contributed by atoms with Crippen molar-refractivity contribution in [1.82, 2.24) is 30.4 Å². The quantitative estimate of drug-likeness (QED) is 0.194. The van der Waals surface area contributed by atoms with Crippen LogP contribution in [0.2, 0.25) is 0 Å². The zero-order valence-electron chi connectivity index (χ0n) is 24.5. The summed E-state index contributed by atoms with van der Waals surface area (Å²) in [6.07, 6.45) is 5.34. The molecule has 1 saturated carbocycles. The zero-order chi connectivity index (χ0) is 29.9. The number of carbonyl (C=O) groups excluding carboxylic acids is 2. The number of fused-ring (bicyclic) bond motifs is 2. The Kier molecular flexibility index (Phi) is 7.80. The number of nitrogens with zero attached hydrogens (tertiary/aromatic N) is 4. The molecule has 0 bridgehead atoms. The topological polar surface area (TPSA) is 117 Å². The molecule has 44 heavy (non-hydrogen) atoms. The van der Waals surface area contributed by atoms with Crippen LogP contribution in [-0.2, 0) is 35.3 Å². The van der Waals surface area contributed by atoms with Gasteiger partial charge < -0.3 is 9.97 Å². The van der Waals surface area contributed by atoms with Crippen molar-refractivity contribution < 1.29 is 9.59 Å². The molecular formula is C36H34N6O2. The lowest BCUT2D eigenvalue weighted by atomic mass is 9.78. The van der Waals surface area contributed by atoms with Crippen LogP contribution in [0.15, 0.2) is 84.9 Å². The van der Waals surface area contributed by atoms with Crippen molar-refractivity contribution in [1.29, 1.82) is 0 Å². The zero-order valence-corrected chi connectivity index (χ0v) is 24.5. The molecule has 2 N–H and O–H groups in total. The van der Waals surface area contributed by atoms with Gasteiger partial charge in [-0.3, -0.25) is 9.59 Å². The molecule has 2 atom stereocenters. The van der Waals surface area contributed by atoms with Gasteiger partial charge in [-0.2, -0.15) is 20.4 Å². The molecule has 0 amide bonds. The Hall–Kier alpha value is -4.98. The first-order chi connectivity index (χ1) is 21.6. The van der Waals surface area contributed by atoms with Crippen molar-refractivity contribution in [2.45, 2.75) is 63.2 Å². The number of benzene rings is 2. The molecule has 8 heteroatoms. The van der Waals surface area contributed by atoms with Crippen LogP contribution >= 0.6 is 0 Å². The van der Waals surface area contributed by atoms with Gasteiger partial charge in [-0.05, 0) is 78.6 Å². The van der Waals surface area contributed by atoms with Crippen molar-refractivity contribution in [3.63, 3.8) is 0 Å². The highest BCUT2D eigenvalue weighted by Crippen LogP contribution is 2.39. The van der Waals surface area contributed by atoms with E-state index in [1.165, 1.54) is 0 Å². The second kappa shape index (κ2) is 12.3. The maximum Gasteiger partial charge on any atom is 0.144 e. The van der Waals surface area contributed by atoms with E-state index in [0.29, 0.717) is 24.2 Å². The molecule has 4 aromatic heterocycles. The van der Waals surface area contributed by atoms with Gasteiger partial charge in [-0.15, -0.1) is 0 Å². The molecule has 0 aliphatic heterocycles. The maximum absolute atomic E-state index is 12.7. The van der Waals surface area contributed by atoms with Crippen LogP contribution in [0.4, 0.5) is 0 Å². The minimum absolute atomic E-state index is 0.109. The van der Waals surface area contributed by atoms with E-state index < -0.39 is 0 Å². The van der Waals surface area contributed by atoms with Crippen LogP contribution < -0.4 is 0 Å². The third-order valence-corrected chi connectivity index (χ3v) is 8.69. The van der Waals surface area contributed by atoms with Gasteiger partial charge in [0.25, 0.3) is 0 Å². The Morgan fingerprint density at radius 1 is 0.591 bits per heavy atom. The highest BCUT2D eigenvalue weighted by Gasteiger charge is 2.27. The van der Waals surface area contributed by atoms with Gasteiger partial charge in [0.05, 0.1) is 35.6 Å².